The summed E-state index contributed by atoms with van der Waals surface area (Å²) in [7, 11) is 0.801. The molecular weight excluding hydrogens is 576 g/mol. The van der Waals surface area contributed by atoms with Gasteiger partial charge in [0.15, 0.2) is 5.82 Å². The monoisotopic (exact) mass is 612 g/mol. The SMILES string of the molecule is CN(C)CC1CCC(COc2cc(Nc3ccnc(-c4cnn(S(=O)(=O)C5CC5)c4)n3)ncc2C#Cc2cccnc2)CC1. The molecular formula is C32H36N8O3S. The molecule has 2 aliphatic rings. The van der Waals surface area contributed by atoms with Crippen LogP contribution in [-0.2, 0) is 10.0 Å². The lowest BCUT2D eigenvalue weighted by atomic mass is 9.82. The highest BCUT2D eigenvalue weighted by atomic mass is 32.2. The standard InChI is InChI=1S/C32H36N8O3S/c1-39(2)20-24-5-7-25(8-6-24)22-43-29-16-31(35-18-26(29)10-9-23-4-3-14-33-17-23)37-30-13-15-34-32(38-30)27-19-36-40(21-27)44(41,42)28-11-12-28/h3-4,13-19,21,24-25,28H,5-8,11-12,20,22H2,1-2H3,(H,34,35,37,38). The predicted molar refractivity (Wildman–Crippen MR) is 168 cm³/mol. The highest BCUT2D eigenvalue weighted by molar-refractivity contribution is 7.90. The van der Waals surface area contributed by atoms with Crippen molar-refractivity contribution in [1.82, 2.24) is 34.0 Å². The Morgan fingerprint density at radius 2 is 1.80 bits per heavy atom. The molecule has 0 unspecified atom stereocenters. The molecule has 1 N–H and O–H groups in total. The van der Waals surface area contributed by atoms with Crippen LogP contribution in [0.2, 0.25) is 0 Å². The molecule has 0 aliphatic heterocycles. The van der Waals surface area contributed by atoms with Crippen molar-refractivity contribution in [3.8, 4) is 29.0 Å². The third kappa shape index (κ3) is 7.41. The summed E-state index contributed by atoms with van der Waals surface area (Å²) in [5.41, 5.74) is 2.01. The van der Waals surface area contributed by atoms with E-state index in [4.69, 9.17) is 4.74 Å². The first-order valence-electron chi connectivity index (χ1n) is 14.9. The van der Waals surface area contributed by atoms with E-state index in [2.05, 4.69) is 61.2 Å². The van der Waals surface area contributed by atoms with E-state index in [0.29, 0.717) is 59.7 Å². The Bertz CT molecular complexity index is 1750. The Morgan fingerprint density at radius 3 is 2.55 bits per heavy atom. The van der Waals surface area contributed by atoms with Gasteiger partial charge in [-0.2, -0.15) is 9.19 Å². The van der Waals surface area contributed by atoms with Crippen molar-refractivity contribution in [2.45, 2.75) is 43.8 Å². The summed E-state index contributed by atoms with van der Waals surface area (Å²) in [4.78, 5) is 19.9. The quantitative estimate of drug-likeness (QED) is 0.258. The van der Waals surface area contributed by atoms with E-state index in [1.54, 1.807) is 30.9 Å². The summed E-state index contributed by atoms with van der Waals surface area (Å²) in [5.74, 6) is 9.63. The lowest BCUT2D eigenvalue weighted by Gasteiger charge is -2.30. The molecule has 0 amide bonds. The smallest absolute Gasteiger partial charge is 0.256 e. The van der Waals surface area contributed by atoms with E-state index in [1.165, 1.54) is 25.2 Å². The molecule has 4 aromatic heterocycles. The molecule has 0 saturated heterocycles. The molecule has 11 nitrogen and oxygen atoms in total. The number of ether oxygens (including phenoxy) is 1. The van der Waals surface area contributed by atoms with E-state index < -0.39 is 10.0 Å². The largest absolute Gasteiger partial charge is 0.492 e. The van der Waals surface area contributed by atoms with Gasteiger partial charge in [-0.1, -0.05) is 11.8 Å². The molecule has 228 valence electrons. The van der Waals surface area contributed by atoms with Crippen LogP contribution in [0.25, 0.3) is 11.4 Å². The van der Waals surface area contributed by atoms with Gasteiger partial charge < -0.3 is 15.0 Å². The molecule has 4 aromatic rings. The summed E-state index contributed by atoms with van der Waals surface area (Å²) >= 11 is 0. The van der Waals surface area contributed by atoms with Gasteiger partial charge in [-0.3, -0.25) is 4.98 Å². The Labute approximate surface area is 258 Å². The fourth-order valence-electron chi connectivity index (χ4n) is 5.38. The molecule has 6 rings (SSSR count). The Kier molecular flexibility index (Phi) is 8.86. The maximum atomic E-state index is 12.6. The van der Waals surface area contributed by atoms with Gasteiger partial charge in [-0.05, 0) is 82.7 Å². The molecule has 0 radical (unpaired) electrons. The van der Waals surface area contributed by atoms with Crippen molar-refractivity contribution in [3.63, 3.8) is 0 Å². The van der Waals surface area contributed by atoms with Crippen molar-refractivity contribution in [2.24, 2.45) is 11.8 Å². The zero-order valence-corrected chi connectivity index (χ0v) is 25.7. The topological polar surface area (TPSA) is 128 Å². The minimum atomic E-state index is -3.47. The van der Waals surface area contributed by atoms with Gasteiger partial charge in [-0.25, -0.2) is 23.4 Å². The fourth-order valence-corrected chi connectivity index (χ4v) is 6.85. The molecule has 4 heterocycles. The third-order valence-corrected chi connectivity index (χ3v) is 9.90. The maximum Gasteiger partial charge on any atom is 0.256 e. The molecule has 0 aromatic carbocycles. The lowest BCUT2D eigenvalue weighted by Crippen LogP contribution is -2.27. The van der Waals surface area contributed by atoms with E-state index in [0.717, 1.165) is 35.0 Å². The average Bonchev–Trinajstić information content (AvgIpc) is 3.77. The van der Waals surface area contributed by atoms with Crippen molar-refractivity contribution in [2.75, 3.05) is 32.6 Å². The molecule has 2 saturated carbocycles. The second kappa shape index (κ2) is 13.1. The van der Waals surface area contributed by atoms with Gasteiger partial charge in [0, 0.05) is 43.0 Å². The number of pyridine rings is 2. The molecule has 44 heavy (non-hydrogen) atoms. The number of hydrogen-bond acceptors (Lipinski definition) is 10. The van der Waals surface area contributed by atoms with Gasteiger partial charge in [0.05, 0.1) is 35.4 Å². The zero-order valence-electron chi connectivity index (χ0n) is 24.9. The third-order valence-electron chi connectivity index (χ3n) is 7.87. The highest BCUT2D eigenvalue weighted by Gasteiger charge is 2.37. The number of rotatable bonds is 10. The maximum absolute atomic E-state index is 12.6. The van der Waals surface area contributed by atoms with Gasteiger partial charge in [0.25, 0.3) is 10.0 Å². The van der Waals surface area contributed by atoms with Crippen molar-refractivity contribution in [3.05, 3.63) is 72.6 Å². The number of hydrogen-bond donors (Lipinski definition) is 1. The van der Waals surface area contributed by atoms with Gasteiger partial charge in [0.1, 0.15) is 17.4 Å². The van der Waals surface area contributed by atoms with Crippen LogP contribution in [0.15, 0.2) is 61.4 Å². The summed E-state index contributed by atoms with van der Waals surface area (Å²) in [5, 5.41) is 6.93. The average molecular weight is 613 g/mol. The normalized spacial score (nSPS) is 18.4. The fraction of sp³-hybridized carbons (Fsp3) is 0.406. The van der Waals surface area contributed by atoms with Gasteiger partial charge >= 0.3 is 0 Å². The molecule has 2 aliphatic carbocycles. The first-order chi connectivity index (χ1) is 21.3. The molecule has 2 fully saturated rings. The highest BCUT2D eigenvalue weighted by Crippen LogP contribution is 2.32. The Hall–Kier alpha value is -4.34. The summed E-state index contributed by atoms with van der Waals surface area (Å²) in [6.45, 7) is 1.75. The second-order valence-corrected chi connectivity index (χ2v) is 13.8. The van der Waals surface area contributed by atoms with Crippen LogP contribution in [-0.4, -0.2) is 74.9 Å². The number of nitrogens with zero attached hydrogens (tertiary/aromatic N) is 7. The molecule has 0 bridgehead atoms. The van der Waals surface area contributed by atoms with Crippen molar-refractivity contribution < 1.29 is 13.2 Å². The summed E-state index contributed by atoms with van der Waals surface area (Å²) in [6.07, 6.45) is 15.7. The Morgan fingerprint density at radius 1 is 0.977 bits per heavy atom. The van der Waals surface area contributed by atoms with Crippen LogP contribution in [0.4, 0.5) is 11.6 Å². The first kappa shape index (κ1) is 29.7. The number of aromatic nitrogens is 6. The van der Waals surface area contributed by atoms with E-state index in [1.807, 2.05) is 18.2 Å². The molecule has 12 heteroatoms. The van der Waals surface area contributed by atoms with Crippen LogP contribution in [0, 0.1) is 23.7 Å². The van der Waals surface area contributed by atoms with E-state index in [9.17, 15) is 8.42 Å². The van der Waals surface area contributed by atoms with Crippen LogP contribution in [0.1, 0.15) is 49.7 Å². The molecule has 0 atom stereocenters. The summed E-state index contributed by atoms with van der Waals surface area (Å²) < 4.78 is 32.5. The number of anilines is 2. The van der Waals surface area contributed by atoms with Crippen LogP contribution < -0.4 is 10.1 Å². The van der Waals surface area contributed by atoms with Gasteiger partial charge in [0.2, 0.25) is 0 Å². The van der Waals surface area contributed by atoms with Gasteiger partial charge in [-0.15, -0.1) is 0 Å². The lowest BCUT2D eigenvalue weighted by molar-refractivity contribution is 0.166. The van der Waals surface area contributed by atoms with Crippen LogP contribution in [0.3, 0.4) is 0 Å². The Balaban J connectivity index is 1.19. The first-order valence-corrected chi connectivity index (χ1v) is 16.4. The minimum absolute atomic E-state index is 0.354. The zero-order chi connectivity index (χ0) is 30.5. The minimum Gasteiger partial charge on any atom is -0.492 e. The number of nitrogens with one attached hydrogen (secondary N) is 1. The van der Waals surface area contributed by atoms with Crippen LogP contribution in [0.5, 0.6) is 5.75 Å². The molecule has 0 spiro atoms. The van der Waals surface area contributed by atoms with Crippen molar-refractivity contribution >= 4 is 21.7 Å². The summed E-state index contributed by atoms with van der Waals surface area (Å²) in [6, 6.07) is 7.33. The van der Waals surface area contributed by atoms with E-state index >= 15 is 0 Å². The predicted octanol–water partition coefficient (Wildman–Crippen LogP) is 4.36. The second-order valence-electron chi connectivity index (χ2n) is 11.8. The van der Waals surface area contributed by atoms with Crippen LogP contribution >= 0.6 is 0 Å². The van der Waals surface area contributed by atoms with Crippen molar-refractivity contribution in [1.29, 1.82) is 0 Å². The van der Waals surface area contributed by atoms with E-state index in [-0.39, 0.29) is 5.25 Å².